The van der Waals surface area contributed by atoms with Gasteiger partial charge >= 0.3 is 0 Å². The Morgan fingerprint density at radius 3 is 3.09 bits per heavy atom. The Morgan fingerprint density at radius 1 is 1.27 bits per heavy atom. The van der Waals surface area contributed by atoms with Gasteiger partial charge in [0.1, 0.15) is 0 Å². The van der Waals surface area contributed by atoms with Crippen LogP contribution in [0.15, 0.2) is 42.7 Å². The number of hydrogen-bond acceptors (Lipinski definition) is 3. The SMILES string of the molecule is CN1CCc2cc(NC(=O)c3ccc4nc[nH]c4c3)ccc21. The summed E-state index contributed by atoms with van der Waals surface area (Å²) in [5.41, 5.74) is 5.71. The van der Waals surface area contributed by atoms with E-state index in [2.05, 4.69) is 39.4 Å². The number of anilines is 2. The van der Waals surface area contributed by atoms with E-state index in [4.69, 9.17) is 0 Å². The topological polar surface area (TPSA) is 61.0 Å². The molecule has 1 aliphatic rings. The van der Waals surface area contributed by atoms with Gasteiger partial charge in [-0.2, -0.15) is 0 Å². The van der Waals surface area contributed by atoms with Gasteiger partial charge < -0.3 is 15.2 Å². The van der Waals surface area contributed by atoms with Gasteiger partial charge in [0.05, 0.1) is 17.4 Å². The van der Waals surface area contributed by atoms with Crippen LogP contribution in [0.4, 0.5) is 11.4 Å². The Labute approximate surface area is 128 Å². The van der Waals surface area contributed by atoms with E-state index in [0.29, 0.717) is 5.56 Å². The number of H-pyrrole nitrogens is 1. The van der Waals surface area contributed by atoms with Gasteiger partial charge in [-0.25, -0.2) is 4.98 Å². The molecule has 0 aliphatic carbocycles. The quantitative estimate of drug-likeness (QED) is 0.763. The molecule has 0 atom stereocenters. The summed E-state index contributed by atoms with van der Waals surface area (Å²) in [5.74, 6) is -0.109. The summed E-state index contributed by atoms with van der Waals surface area (Å²) in [7, 11) is 2.09. The number of aromatic amines is 1. The zero-order valence-electron chi connectivity index (χ0n) is 12.3. The Morgan fingerprint density at radius 2 is 2.18 bits per heavy atom. The first kappa shape index (κ1) is 12.9. The van der Waals surface area contributed by atoms with E-state index >= 15 is 0 Å². The number of imidazole rings is 1. The number of aromatic nitrogens is 2. The van der Waals surface area contributed by atoms with Crippen molar-refractivity contribution >= 4 is 28.3 Å². The lowest BCUT2D eigenvalue weighted by atomic mass is 10.1. The molecule has 4 rings (SSSR count). The van der Waals surface area contributed by atoms with Crippen molar-refractivity contribution in [2.24, 2.45) is 0 Å². The van der Waals surface area contributed by atoms with Gasteiger partial charge in [-0.15, -0.1) is 0 Å². The van der Waals surface area contributed by atoms with Gasteiger partial charge in [0.25, 0.3) is 5.91 Å². The molecule has 0 radical (unpaired) electrons. The summed E-state index contributed by atoms with van der Waals surface area (Å²) in [5, 5.41) is 2.97. The van der Waals surface area contributed by atoms with Crippen LogP contribution in [0, 0.1) is 0 Å². The van der Waals surface area contributed by atoms with E-state index in [-0.39, 0.29) is 5.91 Å². The highest BCUT2D eigenvalue weighted by molar-refractivity contribution is 6.06. The van der Waals surface area contributed by atoms with E-state index in [1.165, 1.54) is 11.3 Å². The first-order valence-electron chi connectivity index (χ1n) is 7.29. The zero-order valence-corrected chi connectivity index (χ0v) is 12.3. The number of amides is 1. The lowest BCUT2D eigenvalue weighted by molar-refractivity contribution is 0.102. The maximum atomic E-state index is 12.4. The third-order valence-corrected chi connectivity index (χ3v) is 4.15. The van der Waals surface area contributed by atoms with Crippen molar-refractivity contribution in [3.63, 3.8) is 0 Å². The molecule has 0 spiro atoms. The van der Waals surface area contributed by atoms with Crippen molar-refractivity contribution in [1.29, 1.82) is 0 Å². The molecule has 0 saturated carbocycles. The molecule has 22 heavy (non-hydrogen) atoms. The number of fused-ring (bicyclic) bond motifs is 2. The van der Waals surface area contributed by atoms with Gasteiger partial charge in [-0.05, 0) is 48.4 Å². The zero-order chi connectivity index (χ0) is 15.1. The van der Waals surface area contributed by atoms with Crippen LogP contribution in [-0.2, 0) is 6.42 Å². The maximum Gasteiger partial charge on any atom is 0.255 e. The van der Waals surface area contributed by atoms with Crippen LogP contribution in [0.2, 0.25) is 0 Å². The predicted octanol–water partition coefficient (Wildman–Crippen LogP) is 2.81. The monoisotopic (exact) mass is 292 g/mol. The highest BCUT2D eigenvalue weighted by Crippen LogP contribution is 2.29. The van der Waals surface area contributed by atoms with E-state index < -0.39 is 0 Å². The third-order valence-electron chi connectivity index (χ3n) is 4.15. The summed E-state index contributed by atoms with van der Waals surface area (Å²) in [6.07, 6.45) is 2.65. The second-order valence-corrected chi connectivity index (χ2v) is 5.60. The molecule has 5 nitrogen and oxygen atoms in total. The molecule has 2 N–H and O–H groups in total. The number of nitrogens with one attached hydrogen (secondary N) is 2. The molecule has 0 fully saturated rings. The van der Waals surface area contributed by atoms with Crippen LogP contribution < -0.4 is 10.2 Å². The summed E-state index contributed by atoms with van der Waals surface area (Å²) >= 11 is 0. The van der Waals surface area contributed by atoms with Crippen LogP contribution in [0.1, 0.15) is 15.9 Å². The Bertz CT molecular complexity index is 868. The molecule has 1 aliphatic heterocycles. The van der Waals surface area contributed by atoms with E-state index in [1.807, 2.05) is 18.2 Å². The Kier molecular flexibility index (Phi) is 2.85. The Balaban J connectivity index is 1.59. The van der Waals surface area contributed by atoms with Crippen molar-refractivity contribution in [2.45, 2.75) is 6.42 Å². The van der Waals surface area contributed by atoms with Crippen LogP contribution >= 0.6 is 0 Å². The lowest BCUT2D eigenvalue weighted by Gasteiger charge is -2.12. The minimum Gasteiger partial charge on any atom is -0.374 e. The average Bonchev–Trinajstić information content (AvgIpc) is 3.13. The molecule has 0 unspecified atom stereocenters. The third kappa shape index (κ3) is 2.11. The number of hydrogen-bond donors (Lipinski definition) is 2. The molecule has 1 aromatic heterocycles. The number of benzene rings is 2. The molecule has 2 heterocycles. The van der Waals surface area contributed by atoms with Gasteiger partial charge in [-0.3, -0.25) is 4.79 Å². The van der Waals surface area contributed by atoms with Crippen LogP contribution in [0.3, 0.4) is 0 Å². The second kappa shape index (κ2) is 4.87. The Hall–Kier alpha value is -2.82. The number of rotatable bonds is 2. The summed E-state index contributed by atoms with van der Waals surface area (Å²) in [6, 6.07) is 11.5. The molecule has 1 amide bonds. The van der Waals surface area contributed by atoms with E-state index in [1.54, 1.807) is 12.4 Å². The van der Waals surface area contributed by atoms with Crippen LogP contribution in [-0.4, -0.2) is 29.5 Å². The predicted molar refractivity (Wildman–Crippen MR) is 87.5 cm³/mol. The van der Waals surface area contributed by atoms with Crippen molar-refractivity contribution in [3.05, 3.63) is 53.9 Å². The highest BCUT2D eigenvalue weighted by Gasteiger charge is 2.16. The molecule has 3 aromatic rings. The molecular formula is C17H16N4O. The fourth-order valence-corrected chi connectivity index (χ4v) is 2.92. The average molecular weight is 292 g/mol. The maximum absolute atomic E-state index is 12.4. The van der Waals surface area contributed by atoms with Gasteiger partial charge in [-0.1, -0.05) is 0 Å². The van der Waals surface area contributed by atoms with Crippen molar-refractivity contribution in [3.8, 4) is 0 Å². The van der Waals surface area contributed by atoms with Gasteiger partial charge in [0, 0.05) is 30.5 Å². The number of likely N-dealkylation sites (N-methyl/N-ethyl adjacent to an activating group) is 1. The van der Waals surface area contributed by atoms with Crippen molar-refractivity contribution in [2.75, 3.05) is 23.8 Å². The standard InChI is InChI=1S/C17H16N4O/c1-21-7-6-11-8-13(3-5-16(11)21)20-17(22)12-2-4-14-15(9-12)19-10-18-14/h2-5,8-10H,6-7H2,1H3,(H,18,19)(H,20,22). The van der Waals surface area contributed by atoms with Crippen LogP contribution in [0.25, 0.3) is 11.0 Å². The summed E-state index contributed by atoms with van der Waals surface area (Å²) < 4.78 is 0. The fourth-order valence-electron chi connectivity index (χ4n) is 2.92. The van der Waals surface area contributed by atoms with Gasteiger partial charge in [0.15, 0.2) is 0 Å². The summed E-state index contributed by atoms with van der Waals surface area (Å²) in [4.78, 5) is 21.8. The first-order valence-corrected chi connectivity index (χ1v) is 7.29. The molecule has 0 saturated heterocycles. The lowest BCUT2D eigenvalue weighted by Crippen LogP contribution is -2.13. The van der Waals surface area contributed by atoms with Crippen molar-refractivity contribution in [1.82, 2.24) is 9.97 Å². The fraction of sp³-hybridized carbons (Fsp3) is 0.176. The molecule has 0 bridgehead atoms. The van der Waals surface area contributed by atoms with E-state index in [0.717, 1.165) is 29.7 Å². The minimum absolute atomic E-state index is 0.109. The van der Waals surface area contributed by atoms with Crippen molar-refractivity contribution < 1.29 is 4.79 Å². The molecule has 2 aromatic carbocycles. The summed E-state index contributed by atoms with van der Waals surface area (Å²) in [6.45, 7) is 1.03. The van der Waals surface area contributed by atoms with Gasteiger partial charge in [0.2, 0.25) is 0 Å². The molecule has 110 valence electrons. The van der Waals surface area contributed by atoms with E-state index in [9.17, 15) is 4.79 Å². The normalized spacial score (nSPS) is 13.4. The second-order valence-electron chi connectivity index (χ2n) is 5.60. The largest absolute Gasteiger partial charge is 0.374 e. The highest BCUT2D eigenvalue weighted by atomic mass is 16.1. The van der Waals surface area contributed by atoms with Crippen LogP contribution in [0.5, 0.6) is 0 Å². The number of carbonyl (C=O) groups is 1. The smallest absolute Gasteiger partial charge is 0.255 e. The first-order chi connectivity index (χ1) is 10.7. The number of carbonyl (C=O) groups excluding carboxylic acids is 1. The number of nitrogens with zero attached hydrogens (tertiary/aromatic N) is 2. The molecular weight excluding hydrogens is 276 g/mol. The minimum atomic E-state index is -0.109. The molecule has 5 heteroatoms.